The first-order valence-electron chi connectivity index (χ1n) is 10.7. The van der Waals surface area contributed by atoms with E-state index in [0.717, 1.165) is 17.1 Å². The highest BCUT2D eigenvalue weighted by atomic mass is 16.3. The van der Waals surface area contributed by atoms with Crippen LogP contribution in [0.5, 0.6) is 0 Å². The maximum atomic E-state index is 13.3. The second-order valence-corrected chi connectivity index (χ2v) is 7.73. The van der Waals surface area contributed by atoms with Crippen molar-refractivity contribution in [2.45, 2.75) is 6.92 Å². The summed E-state index contributed by atoms with van der Waals surface area (Å²) in [6.07, 6.45) is 0. The maximum Gasteiger partial charge on any atom is 0.272 e. The van der Waals surface area contributed by atoms with E-state index in [0.29, 0.717) is 37.4 Å². The summed E-state index contributed by atoms with van der Waals surface area (Å²) in [7, 11) is 0. The molecule has 2 amide bonds. The zero-order valence-electron chi connectivity index (χ0n) is 18.1. The van der Waals surface area contributed by atoms with Crippen LogP contribution in [0.3, 0.4) is 0 Å². The van der Waals surface area contributed by atoms with Crippen LogP contribution in [-0.4, -0.2) is 70.9 Å². The van der Waals surface area contributed by atoms with Gasteiger partial charge in [0.2, 0.25) is 0 Å². The number of piperazine rings is 1. The van der Waals surface area contributed by atoms with Crippen molar-refractivity contribution < 1.29 is 14.7 Å². The first kappa shape index (κ1) is 21.6. The molecule has 0 saturated carbocycles. The van der Waals surface area contributed by atoms with E-state index in [2.05, 4.69) is 15.3 Å². The fraction of sp³-hybridized carbons (Fsp3) is 0.292. The number of benzene rings is 2. The van der Waals surface area contributed by atoms with Gasteiger partial charge in [0.05, 0.1) is 18.0 Å². The van der Waals surface area contributed by atoms with Gasteiger partial charge in [0, 0.05) is 44.0 Å². The number of aromatic nitrogens is 2. The molecule has 1 aromatic heterocycles. The Morgan fingerprint density at radius 2 is 1.69 bits per heavy atom. The quantitative estimate of drug-likeness (QED) is 0.619. The minimum atomic E-state index is -0.209. The SMILES string of the molecule is Cc1cc(C(=O)N2CCN(c3cccc(C(=O)NCCO)c3)CC2)n(-c2ccccc2)n1. The number of carbonyl (C=O) groups is 2. The van der Waals surface area contributed by atoms with E-state index >= 15 is 0 Å². The highest BCUT2D eigenvalue weighted by Gasteiger charge is 2.26. The Bertz CT molecular complexity index is 1090. The maximum absolute atomic E-state index is 13.3. The number of carbonyl (C=O) groups excluding carboxylic acids is 2. The average Bonchev–Trinajstić information content (AvgIpc) is 3.24. The van der Waals surface area contributed by atoms with Crippen molar-refractivity contribution in [1.82, 2.24) is 20.0 Å². The summed E-state index contributed by atoms with van der Waals surface area (Å²) >= 11 is 0. The standard InChI is InChI=1S/C24H27N5O3/c1-18-16-22(29(26-18)20-7-3-2-4-8-20)24(32)28-13-11-27(12-14-28)21-9-5-6-19(17-21)23(31)25-10-15-30/h2-9,16-17,30H,10-15H2,1H3,(H,25,31). The van der Waals surface area contributed by atoms with Crippen LogP contribution in [0.25, 0.3) is 5.69 Å². The van der Waals surface area contributed by atoms with Crippen LogP contribution in [0, 0.1) is 6.92 Å². The number of aliphatic hydroxyl groups excluding tert-OH is 1. The van der Waals surface area contributed by atoms with Gasteiger partial charge in [0.25, 0.3) is 11.8 Å². The van der Waals surface area contributed by atoms with Crippen molar-refractivity contribution in [2.75, 3.05) is 44.2 Å². The molecular weight excluding hydrogens is 406 g/mol. The average molecular weight is 434 g/mol. The Hall–Kier alpha value is -3.65. The van der Waals surface area contributed by atoms with E-state index in [-0.39, 0.29) is 25.0 Å². The topological polar surface area (TPSA) is 90.7 Å². The van der Waals surface area contributed by atoms with Gasteiger partial charge in [-0.3, -0.25) is 9.59 Å². The van der Waals surface area contributed by atoms with Crippen LogP contribution < -0.4 is 10.2 Å². The molecular formula is C24H27N5O3. The normalized spacial score (nSPS) is 13.8. The van der Waals surface area contributed by atoms with Crippen LogP contribution in [0.1, 0.15) is 26.5 Å². The molecule has 1 fully saturated rings. The molecule has 0 spiro atoms. The van der Waals surface area contributed by atoms with Gasteiger partial charge in [0.1, 0.15) is 5.69 Å². The Balaban J connectivity index is 1.44. The molecule has 3 aromatic rings. The summed E-state index contributed by atoms with van der Waals surface area (Å²) in [5, 5.41) is 16.1. The minimum absolute atomic E-state index is 0.0359. The molecule has 1 saturated heterocycles. The monoisotopic (exact) mass is 433 g/mol. The number of nitrogens with zero attached hydrogens (tertiary/aromatic N) is 4. The summed E-state index contributed by atoms with van der Waals surface area (Å²) in [5.74, 6) is -0.245. The lowest BCUT2D eigenvalue weighted by Gasteiger charge is -2.36. The Morgan fingerprint density at radius 3 is 2.41 bits per heavy atom. The van der Waals surface area contributed by atoms with Gasteiger partial charge in [-0.25, -0.2) is 4.68 Å². The summed E-state index contributed by atoms with van der Waals surface area (Å²) in [4.78, 5) is 29.5. The molecule has 0 aliphatic carbocycles. The smallest absolute Gasteiger partial charge is 0.272 e. The van der Waals surface area contributed by atoms with Crippen LogP contribution in [0.15, 0.2) is 60.7 Å². The second-order valence-electron chi connectivity index (χ2n) is 7.73. The lowest BCUT2D eigenvalue weighted by atomic mass is 10.1. The lowest BCUT2D eigenvalue weighted by molar-refractivity contribution is 0.0737. The Morgan fingerprint density at radius 1 is 0.969 bits per heavy atom. The molecule has 1 aliphatic rings. The van der Waals surface area contributed by atoms with Gasteiger partial charge in [-0.05, 0) is 43.3 Å². The van der Waals surface area contributed by atoms with Gasteiger partial charge in [-0.15, -0.1) is 0 Å². The first-order valence-corrected chi connectivity index (χ1v) is 10.7. The molecule has 166 valence electrons. The largest absolute Gasteiger partial charge is 0.395 e. The number of hydrogen-bond donors (Lipinski definition) is 2. The lowest BCUT2D eigenvalue weighted by Crippen LogP contribution is -2.49. The summed E-state index contributed by atoms with van der Waals surface area (Å²) in [6.45, 7) is 4.53. The van der Waals surface area contributed by atoms with Crippen molar-refractivity contribution >= 4 is 17.5 Å². The van der Waals surface area contributed by atoms with Gasteiger partial charge < -0.3 is 20.2 Å². The Kier molecular flexibility index (Phi) is 6.51. The number of hydrogen-bond acceptors (Lipinski definition) is 5. The molecule has 2 N–H and O–H groups in total. The van der Waals surface area contributed by atoms with E-state index in [1.165, 1.54) is 0 Å². The van der Waals surface area contributed by atoms with Crippen LogP contribution in [-0.2, 0) is 0 Å². The highest BCUT2D eigenvalue weighted by molar-refractivity contribution is 5.95. The molecule has 8 nitrogen and oxygen atoms in total. The van der Waals surface area contributed by atoms with Gasteiger partial charge >= 0.3 is 0 Å². The van der Waals surface area contributed by atoms with Crippen LogP contribution in [0.2, 0.25) is 0 Å². The molecule has 0 atom stereocenters. The molecule has 0 unspecified atom stereocenters. The van der Waals surface area contributed by atoms with Crippen molar-refractivity contribution in [3.63, 3.8) is 0 Å². The number of aliphatic hydroxyl groups is 1. The molecule has 32 heavy (non-hydrogen) atoms. The summed E-state index contributed by atoms with van der Waals surface area (Å²) in [6, 6.07) is 18.9. The molecule has 2 aromatic carbocycles. The minimum Gasteiger partial charge on any atom is -0.395 e. The predicted molar refractivity (Wildman–Crippen MR) is 122 cm³/mol. The van der Waals surface area contributed by atoms with E-state index < -0.39 is 0 Å². The zero-order chi connectivity index (χ0) is 22.5. The fourth-order valence-corrected chi connectivity index (χ4v) is 3.86. The summed E-state index contributed by atoms with van der Waals surface area (Å²) in [5.41, 5.74) is 3.71. The zero-order valence-corrected chi connectivity index (χ0v) is 18.1. The second kappa shape index (κ2) is 9.65. The predicted octanol–water partition coefficient (Wildman–Crippen LogP) is 1.87. The highest BCUT2D eigenvalue weighted by Crippen LogP contribution is 2.20. The van der Waals surface area contributed by atoms with E-state index in [1.807, 2.05) is 66.4 Å². The van der Waals surface area contributed by atoms with Crippen molar-refractivity contribution in [3.05, 3.63) is 77.6 Å². The third-order valence-electron chi connectivity index (χ3n) is 5.49. The fourth-order valence-electron chi connectivity index (χ4n) is 3.86. The number of aryl methyl sites for hydroxylation is 1. The van der Waals surface area contributed by atoms with Crippen molar-refractivity contribution in [1.29, 1.82) is 0 Å². The molecule has 1 aliphatic heterocycles. The van der Waals surface area contributed by atoms with Crippen molar-refractivity contribution in [3.8, 4) is 5.69 Å². The summed E-state index contributed by atoms with van der Waals surface area (Å²) < 4.78 is 1.71. The number of anilines is 1. The van der Waals surface area contributed by atoms with E-state index in [4.69, 9.17) is 5.11 Å². The molecule has 8 heteroatoms. The first-order chi connectivity index (χ1) is 15.6. The molecule has 0 bridgehead atoms. The number of amides is 2. The third kappa shape index (κ3) is 4.65. The van der Waals surface area contributed by atoms with E-state index in [1.54, 1.807) is 10.7 Å². The molecule has 0 radical (unpaired) electrons. The van der Waals surface area contributed by atoms with Crippen LogP contribution >= 0.6 is 0 Å². The van der Waals surface area contributed by atoms with Gasteiger partial charge in [0.15, 0.2) is 0 Å². The van der Waals surface area contributed by atoms with Gasteiger partial charge in [-0.1, -0.05) is 24.3 Å². The van der Waals surface area contributed by atoms with Gasteiger partial charge in [-0.2, -0.15) is 5.10 Å². The third-order valence-corrected chi connectivity index (χ3v) is 5.49. The molecule has 2 heterocycles. The Labute approximate surface area is 187 Å². The van der Waals surface area contributed by atoms with Crippen LogP contribution in [0.4, 0.5) is 5.69 Å². The van der Waals surface area contributed by atoms with Crippen molar-refractivity contribution in [2.24, 2.45) is 0 Å². The number of rotatable bonds is 6. The number of nitrogens with one attached hydrogen (secondary N) is 1. The number of para-hydroxylation sites is 1. The van der Waals surface area contributed by atoms with E-state index in [9.17, 15) is 9.59 Å². The molecule has 4 rings (SSSR count).